The van der Waals surface area contributed by atoms with Crippen molar-refractivity contribution in [2.45, 2.75) is 83.0 Å². The van der Waals surface area contributed by atoms with E-state index in [0.717, 1.165) is 62.6 Å². The van der Waals surface area contributed by atoms with Gasteiger partial charge in [-0.2, -0.15) is 0 Å². The Hall–Kier alpha value is -1.36. The van der Waals surface area contributed by atoms with Gasteiger partial charge in [-0.1, -0.05) is 43.9 Å². The Morgan fingerprint density at radius 2 is 2.21 bits per heavy atom. The summed E-state index contributed by atoms with van der Waals surface area (Å²) in [5.41, 5.74) is 0.961. The van der Waals surface area contributed by atoms with Crippen molar-refractivity contribution in [3.63, 3.8) is 0 Å². The molecular weight excluding hydrogens is 386 g/mol. The molecule has 1 aliphatic carbocycles. The number of Topliss-reactive ketones (excluding diaryl/α,β-unsaturated/α-hetero) is 1. The van der Waals surface area contributed by atoms with E-state index in [0.29, 0.717) is 29.3 Å². The largest absolute Gasteiger partial charge is 0.390 e. The Morgan fingerprint density at radius 3 is 2.97 bits per heavy atom. The summed E-state index contributed by atoms with van der Waals surface area (Å²) in [5, 5.41) is 12.5. The minimum Gasteiger partial charge on any atom is -0.390 e. The molecule has 5 heteroatoms. The number of rotatable bonds is 7. The van der Waals surface area contributed by atoms with Gasteiger partial charge in [0.1, 0.15) is 0 Å². The zero-order valence-electron chi connectivity index (χ0n) is 17.3. The van der Waals surface area contributed by atoms with E-state index in [9.17, 15) is 9.90 Å². The molecule has 0 bridgehead atoms. The molecule has 0 spiro atoms. The third kappa shape index (κ3) is 4.55. The van der Waals surface area contributed by atoms with Gasteiger partial charge >= 0.3 is 0 Å². The molecule has 2 heterocycles. The third-order valence-electron chi connectivity index (χ3n) is 6.90. The van der Waals surface area contributed by atoms with Crippen LogP contribution in [0.5, 0.6) is 0 Å². The molecule has 2 fully saturated rings. The predicted octanol–water partition coefficient (Wildman–Crippen LogP) is 5.77. The van der Waals surface area contributed by atoms with E-state index in [1.165, 1.54) is 6.42 Å². The van der Waals surface area contributed by atoms with Crippen molar-refractivity contribution in [2.24, 2.45) is 5.92 Å². The Balaban J connectivity index is 1.54. The molecule has 0 amide bonds. The van der Waals surface area contributed by atoms with Crippen LogP contribution >= 0.6 is 11.6 Å². The molecule has 1 N–H and O–H groups in total. The van der Waals surface area contributed by atoms with Crippen LogP contribution < -0.4 is 0 Å². The number of carbonyl (C=O) groups excluding carboxylic acids is 1. The molecular formula is C24H32ClNO3. The second-order valence-corrected chi connectivity index (χ2v) is 9.39. The summed E-state index contributed by atoms with van der Waals surface area (Å²) < 4.78 is 7.91. The van der Waals surface area contributed by atoms with Gasteiger partial charge < -0.3 is 14.4 Å². The second-order valence-electron chi connectivity index (χ2n) is 8.98. The number of hydrogen-bond donors (Lipinski definition) is 1. The van der Waals surface area contributed by atoms with Gasteiger partial charge in [-0.3, -0.25) is 4.79 Å². The minimum atomic E-state index is -0.700. The molecule has 1 aromatic heterocycles. The highest BCUT2D eigenvalue weighted by Crippen LogP contribution is 2.38. The SMILES string of the molecule is CCC1CCCC(O)(CCC(=O)c2cn(CC3CCCO3)c3cccc(Cl)c23)C1. The summed E-state index contributed by atoms with van der Waals surface area (Å²) in [6.07, 6.45) is 10.1. The lowest BCUT2D eigenvalue weighted by Gasteiger charge is -2.36. The van der Waals surface area contributed by atoms with E-state index in [1.54, 1.807) is 0 Å². The van der Waals surface area contributed by atoms with Gasteiger partial charge in [0.2, 0.25) is 0 Å². The van der Waals surface area contributed by atoms with E-state index in [4.69, 9.17) is 16.3 Å². The van der Waals surface area contributed by atoms with E-state index in [1.807, 2.05) is 24.4 Å². The summed E-state index contributed by atoms with van der Waals surface area (Å²) in [7, 11) is 0. The van der Waals surface area contributed by atoms with Crippen molar-refractivity contribution in [1.82, 2.24) is 4.57 Å². The van der Waals surface area contributed by atoms with Crippen LogP contribution in [-0.2, 0) is 11.3 Å². The Morgan fingerprint density at radius 1 is 1.34 bits per heavy atom. The maximum Gasteiger partial charge on any atom is 0.165 e. The highest BCUT2D eigenvalue weighted by atomic mass is 35.5. The van der Waals surface area contributed by atoms with E-state index < -0.39 is 5.60 Å². The number of fused-ring (bicyclic) bond motifs is 1. The Bertz CT molecular complexity index is 870. The van der Waals surface area contributed by atoms with Crippen molar-refractivity contribution in [1.29, 1.82) is 0 Å². The van der Waals surface area contributed by atoms with E-state index in [2.05, 4.69) is 11.5 Å². The first-order valence-corrected chi connectivity index (χ1v) is 11.5. The fourth-order valence-electron chi connectivity index (χ4n) is 5.20. The van der Waals surface area contributed by atoms with E-state index in [-0.39, 0.29) is 11.9 Å². The molecule has 1 saturated heterocycles. The van der Waals surface area contributed by atoms with Crippen LogP contribution in [0.4, 0.5) is 0 Å². The first kappa shape index (κ1) is 20.9. The van der Waals surface area contributed by atoms with Crippen LogP contribution in [0.2, 0.25) is 5.02 Å². The van der Waals surface area contributed by atoms with Crippen LogP contribution in [0.1, 0.15) is 75.1 Å². The lowest BCUT2D eigenvalue weighted by molar-refractivity contribution is -0.0240. The van der Waals surface area contributed by atoms with Gasteiger partial charge in [0.15, 0.2) is 5.78 Å². The number of nitrogens with zero attached hydrogens (tertiary/aromatic N) is 1. The van der Waals surface area contributed by atoms with Crippen molar-refractivity contribution in [3.8, 4) is 0 Å². The molecule has 1 aromatic carbocycles. The van der Waals surface area contributed by atoms with Gasteiger partial charge in [0.05, 0.1) is 22.2 Å². The van der Waals surface area contributed by atoms with Crippen LogP contribution in [0.25, 0.3) is 10.9 Å². The third-order valence-corrected chi connectivity index (χ3v) is 7.21. The fourth-order valence-corrected chi connectivity index (χ4v) is 5.47. The summed E-state index contributed by atoms with van der Waals surface area (Å²) >= 11 is 6.50. The van der Waals surface area contributed by atoms with Crippen LogP contribution in [-0.4, -0.2) is 33.8 Å². The summed E-state index contributed by atoms with van der Waals surface area (Å²) in [6, 6.07) is 5.80. The highest BCUT2D eigenvalue weighted by molar-refractivity contribution is 6.37. The number of hydrogen-bond acceptors (Lipinski definition) is 3. The van der Waals surface area contributed by atoms with E-state index >= 15 is 0 Å². The zero-order chi connectivity index (χ0) is 20.4. The Kier molecular flexibility index (Phi) is 6.33. The molecule has 3 atom stereocenters. The first-order valence-electron chi connectivity index (χ1n) is 11.1. The lowest BCUT2D eigenvalue weighted by Crippen LogP contribution is -2.35. The standard InChI is InChI=1S/C24H32ClNO3/c1-2-17-6-4-11-24(28,14-17)12-10-22(27)19-16-26(15-18-7-5-13-29-18)21-9-3-8-20(25)23(19)21/h3,8-9,16-18,28H,2,4-7,10-15H2,1H3. The number of ether oxygens (including phenoxy) is 1. The summed E-state index contributed by atoms with van der Waals surface area (Å²) in [4.78, 5) is 13.2. The smallest absolute Gasteiger partial charge is 0.165 e. The summed E-state index contributed by atoms with van der Waals surface area (Å²) in [5.74, 6) is 0.646. The van der Waals surface area contributed by atoms with Crippen LogP contribution in [0, 0.1) is 5.92 Å². The average molecular weight is 418 g/mol. The normalized spacial score (nSPS) is 27.6. The maximum atomic E-state index is 13.2. The molecule has 158 valence electrons. The maximum absolute atomic E-state index is 13.2. The fraction of sp³-hybridized carbons (Fsp3) is 0.625. The van der Waals surface area contributed by atoms with Crippen molar-refractivity contribution in [3.05, 3.63) is 35.0 Å². The molecule has 0 radical (unpaired) electrons. The van der Waals surface area contributed by atoms with Crippen molar-refractivity contribution < 1.29 is 14.6 Å². The topological polar surface area (TPSA) is 51.5 Å². The average Bonchev–Trinajstić information content (AvgIpc) is 3.35. The number of halogens is 1. The quantitative estimate of drug-likeness (QED) is 0.582. The molecule has 1 saturated carbocycles. The van der Waals surface area contributed by atoms with Gasteiger partial charge in [-0.25, -0.2) is 0 Å². The van der Waals surface area contributed by atoms with Gasteiger partial charge in [-0.15, -0.1) is 0 Å². The number of aliphatic hydroxyl groups is 1. The number of aromatic nitrogens is 1. The van der Waals surface area contributed by atoms with Crippen LogP contribution in [0.3, 0.4) is 0 Å². The van der Waals surface area contributed by atoms with Crippen LogP contribution in [0.15, 0.2) is 24.4 Å². The highest BCUT2D eigenvalue weighted by Gasteiger charge is 2.34. The molecule has 29 heavy (non-hydrogen) atoms. The lowest BCUT2D eigenvalue weighted by atomic mass is 9.74. The first-order chi connectivity index (χ1) is 14.0. The van der Waals surface area contributed by atoms with Gasteiger partial charge in [-0.05, 0) is 50.2 Å². The number of benzene rings is 1. The molecule has 2 aromatic rings. The predicted molar refractivity (Wildman–Crippen MR) is 117 cm³/mol. The minimum absolute atomic E-state index is 0.0706. The van der Waals surface area contributed by atoms with Gasteiger partial charge in [0.25, 0.3) is 0 Å². The monoisotopic (exact) mass is 417 g/mol. The number of carbonyl (C=O) groups is 1. The molecule has 4 rings (SSSR count). The summed E-state index contributed by atoms with van der Waals surface area (Å²) in [6.45, 7) is 3.74. The zero-order valence-corrected chi connectivity index (χ0v) is 18.1. The van der Waals surface area contributed by atoms with Crippen molar-refractivity contribution >= 4 is 28.3 Å². The molecule has 2 aliphatic rings. The molecule has 4 nitrogen and oxygen atoms in total. The molecule has 1 aliphatic heterocycles. The van der Waals surface area contributed by atoms with Gasteiger partial charge in [0, 0.05) is 36.7 Å². The second kappa shape index (κ2) is 8.79. The van der Waals surface area contributed by atoms with Crippen molar-refractivity contribution in [2.75, 3.05) is 6.61 Å². The molecule has 3 unspecified atom stereocenters. The number of ketones is 1. The Labute approximate surface area is 178 Å².